The van der Waals surface area contributed by atoms with Crippen molar-refractivity contribution in [3.63, 3.8) is 0 Å². The minimum atomic E-state index is -3.74. The Morgan fingerprint density at radius 2 is 2.05 bits per heavy atom. The molecule has 0 saturated heterocycles. The van der Waals surface area contributed by atoms with Crippen molar-refractivity contribution >= 4 is 10.0 Å². The van der Waals surface area contributed by atoms with Crippen molar-refractivity contribution in [1.29, 1.82) is 0 Å². The molecule has 3 N–H and O–H groups in total. The zero-order chi connectivity index (χ0) is 14.3. The third kappa shape index (κ3) is 5.73. The molecule has 7 heteroatoms. The molecule has 0 saturated carbocycles. The van der Waals surface area contributed by atoms with Crippen molar-refractivity contribution in [1.82, 2.24) is 10.2 Å². The van der Waals surface area contributed by atoms with Gasteiger partial charge in [0.1, 0.15) is 5.76 Å². The lowest BCUT2D eigenvalue weighted by molar-refractivity contribution is 0.285. The quantitative estimate of drug-likeness (QED) is 0.655. The predicted octanol–water partition coefficient (Wildman–Crippen LogP) is 0.749. The minimum absolute atomic E-state index is 0.189. The molecule has 0 spiro atoms. The summed E-state index contributed by atoms with van der Waals surface area (Å²) in [6.45, 7) is 8.72. The Balaban J connectivity index is 2.32. The summed E-state index contributed by atoms with van der Waals surface area (Å²) in [7, 11) is -3.74. The third-order valence-electron chi connectivity index (χ3n) is 2.81. The fourth-order valence-electron chi connectivity index (χ4n) is 1.80. The van der Waals surface area contributed by atoms with Gasteiger partial charge in [-0.1, -0.05) is 13.8 Å². The van der Waals surface area contributed by atoms with Gasteiger partial charge in [0.15, 0.2) is 0 Å². The number of sulfonamides is 1. The van der Waals surface area contributed by atoms with Crippen LogP contribution in [0.1, 0.15) is 26.0 Å². The molecule has 0 aliphatic rings. The molecule has 1 aromatic heterocycles. The van der Waals surface area contributed by atoms with Crippen LogP contribution >= 0.6 is 0 Å². The highest BCUT2D eigenvalue weighted by Gasteiger charge is 2.12. The van der Waals surface area contributed by atoms with Crippen LogP contribution in [0, 0.1) is 0 Å². The van der Waals surface area contributed by atoms with Crippen LogP contribution < -0.4 is 10.5 Å². The van der Waals surface area contributed by atoms with Crippen LogP contribution in [0.4, 0.5) is 0 Å². The van der Waals surface area contributed by atoms with Crippen LogP contribution in [0.15, 0.2) is 21.6 Å². The van der Waals surface area contributed by atoms with E-state index in [1.807, 2.05) is 0 Å². The maximum atomic E-state index is 11.0. The van der Waals surface area contributed by atoms with E-state index >= 15 is 0 Å². The molecule has 0 atom stereocenters. The zero-order valence-electron chi connectivity index (χ0n) is 11.6. The predicted molar refractivity (Wildman–Crippen MR) is 74.2 cm³/mol. The van der Waals surface area contributed by atoms with Crippen molar-refractivity contribution < 1.29 is 12.8 Å². The molecule has 0 aliphatic carbocycles. The second-order valence-corrected chi connectivity index (χ2v) is 5.87. The number of hydrogen-bond donors (Lipinski definition) is 2. The van der Waals surface area contributed by atoms with Gasteiger partial charge in [0, 0.05) is 13.1 Å². The van der Waals surface area contributed by atoms with E-state index in [4.69, 9.17) is 9.56 Å². The van der Waals surface area contributed by atoms with Gasteiger partial charge in [-0.05, 0) is 31.6 Å². The molecule has 0 amide bonds. The first-order chi connectivity index (χ1) is 8.97. The summed E-state index contributed by atoms with van der Waals surface area (Å²) in [5.74, 6) is 0.572. The molecular weight excluding hydrogens is 266 g/mol. The number of nitrogens with one attached hydrogen (secondary N) is 1. The van der Waals surface area contributed by atoms with Gasteiger partial charge >= 0.3 is 0 Å². The highest BCUT2D eigenvalue weighted by Crippen LogP contribution is 2.11. The smallest absolute Gasteiger partial charge is 0.271 e. The maximum absolute atomic E-state index is 11.0. The number of rotatable bonds is 9. The largest absolute Gasteiger partial charge is 0.447 e. The Hall–Kier alpha value is -0.890. The van der Waals surface area contributed by atoms with Crippen LogP contribution in [0.5, 0.6) is 0 Å². The van der Waals surface area contributed by atoms with E-state index in [9.17, 15) is 8.42 Å². The van der Waals surface area contributed by atoms with Crippen LogP contribution in [0.2, 0.25) is 0 Å². The van der Waals surface area contributed by atoms with Gasteiger partial charge in [-0.2, -0.15) is 0 Å². The van der Waals surface area contributed by atoms with Gasteiger partial charge in [-0.15, -0.1) is 0 Å². The summed E-state index contributed by atoms with van der Waals surface area (Å²) < 4.78 is 27.2. The Morgan fingerprint density at radius 3 is 2.58 bits per heavy atom. The molecule has 0 unspecified atom stereocenters. The first kappa shape index (κ1) is 16.2. The molecule has 0 aliphatic heterocycles. The van der Waals surface area contributed by atoms with E-state index in [-0.39, 0.29) is 5.09 Å². The van der Waals surface area contributed by atoms with E-state index in [0.29, 0.717) is 12.3 Å². The zero-order valence-corrected chi connectivity index (χ0v) is 12.4. The van der Waals surface area contributed by atoms with Crippen LogP contribution in [-0.4, -0.2) is 39.5 Å². The first-order valence-corrected chi connectivity index (χ1v) is 8.06. The summed E-state index contributed by atoms with van der Waals surface area (Å²) in [5, 5.41) is 8.00. The van der Waals surface area contributed by atoms with Crippen LogP contribution in [-0.2, 0) is 16.6 Å². The Labute approximate surface area is 115 Å². The molecule has 0 aromatic carbocycles. The lowest BCUT2D eigenvalue weighted by Gasteiger charge is -2.19. The normalized spacial score (nSPS) is 12.2. The van der Waals surface area contributed by atoms with Crippen molar-refractivity contribution in [3.05, 3.63) is 17.9 Å². The van der Waals surface area contributed by atoms with Crippen LogP contribution in [0.25, 0.3) is 0 Å². The topological polar surface area (TPSA) is 88.6 Å². The lowest BCUT2D eigenvalue weighted by atomic mass is 10.4. The number of hydrogen-bond acceptors (Lipinski definition) is 5. The lowest BCUT2D eigenvalue weighted by Crippen LogP contribution is -2.32. The molecule has 1 aromatic rings. The number of likely N-dealkylation sites (N-methyl/N-ethyl adjacent to an activating group) is 1. The molecule has 110 valence electrons. The highest BCUT2D eigenvalue weighted by molar-refractivity contribution is 7.89. The monoisotopic (exact) mass is 289 g/mol. The Bertz CT molecular complexity index is 470. The summed E-state index contributed by atoms with van der Waals surface area (Å²) >= 11 is 0. The fraction of sp³-hybridized carbons (Fsp3) is 0.667. The van der Waals surface area contributed by atoms with E-state index < -0.39 is 10.0 Å². The number of nitrogens with zero attached hydrogens (tertiary/aromatic N) is 1. The third-order valence-corrected chi connectivity index (χ3v) is 3.59. The minimum Gasteiger partial charge on any atom is -0.447 e. The van der Waals surface area contributed by atoms with Gasteiger partial charge in [-0.25, -0.2) is 13.6 Å². The maximum Gasteiger partial charge on any atom is 0.271 e. The van der Waals surface area contributed by atoms with Crippen molar-refractivity contribution in [2.45, 2.75) is 31.9 Å². The summed E-state index contributed by atoms with van der Waals surface area (Å²) in [6.07, 6.45) is 1.14. The highest BCUT2D eigenvalue weighted by atomic mass is 32.2. The molecule has 0 fully saturated rings. The van der Waals surface area contributed by atoms with Crippen molar-refractivity contribution in [2.75, 3.05) is 26.2 Å². The number of primary sulfonamides is 1. The summed E-state index contributed by atoms with van der Waals surface area (Å²) in [4.78, 5) is 2.35. The van der Waals surface area contributed by atoms with E-state index in [1.54, 1.807) is 6.07 Å². The number of furan rings is 1. The molecule has 1 rings (SSSR count). The Morgan fingerprint density at radius 1 is 1.32 bits per heavy atom. The first-order valence-electron chi connectivity index (χ1n) is 6.52. The molecule has 0 radical (unpaired) electrons. The van der Waals surface area contributed by atoms with Gasteiger partial charge < -0.3 is 14.6 Å². The molecule has 6 nitrogen and oxygen atoms in total. The second-order valence-electron chi connectivity index (χ2n) is 4.38. The van der Waals surface area contributed by atoms with Crippen LogP contribution in [0.3, 0.4) is 0 Å². The molecule has 0 bridgehead atoms. The Kier molecular flexibility index (Phi) is 6.50. The molecule has 19 heavy (non-hydrogen) atoms. The molecule has 1 heterocycles. The fourth-order valence-corrected chi connectivity index (χ4v) is 2.28. The average molecular weight is 289 g/mol. The van der Waals surface area contributed by atoms with Crippen molar-refractivity contribution in [2.24, 2.45) is 5.14 Å². The number of nitrogens with two attached hydrogens (primary N) is 1. The van der Waals surface area contributed by atoms with Gasteiger partial charge in [0.2, 0.25) is 5.09 Å². The molecular formula is C12H23N3O3S. The second kappa shape index (κ2) is 7.64. The van der Waals surface area contributed by atoms with Gasteiger partial charge in [-0.3, -0.25) is 0 Å². The van der Waals surface area contributed by atoms with Crippen molar-refractivity contribution in [3.8, 4) is 0 Å². The SMILES string of the molecule is CCCN(CC)CCNCc1ccc(S(N)(=O)=O)o1. The summed E-state index contributed by atoms with van der Waals surface area (Å²) in [5.41, 5.74) is 0. The standard InChI is InChI=1S/C12H23N3O3S/c1-3-8-15(4-2)9-7-14-10-11-5-6-12(18-11)19(13,16)17/h5-6,14H,3-4,7-10H2,1-2H3,(H2,13,16,17). The van der Waals surface area contributed by atoms with E-state index in [1.165, 1.54) is 6.07 Å². The van der Waals surface area contributed by atoms with E-state index in [0.717, 1.165) is 32.6 Å². The van der Waals surface area contributed by atoms with Gasteiger partial charge in [0.25, 0.3) is 10.0 Å². The van der Waals surface area contributed by atoms with E-state index in [2.05, 4.69) is 24.1 Å². The summed E-state index contributed by atoms with van der Waals surface area (Å²) in [6, 6.07) is 3.00. The average Bonchev–Trinajstić information content (AvgIpc) is 2.81. The van der Waals surface area contributed by atoms with Gasteiger partial charge in [0.05, 0.1) is 6.54 Å².